The number of benzene rings is 1. The smallest absolute Gasteiger partial charge is 0.306 e. The first kappa shape index (κ1) is 16.7. The lowest BCUT2D eigenvalue weighted by atomic mass is 9.90. The SMILES string of the molecule is O=C(NC(=O)C12COP(=O)(OC1)OC2)Nc1cccc(Cl)c1Cl. The van der Waals surface area contributed by atoms with Crippen molar-refractivity contribution in [1.29, 1.82) is 0 Å². The molecular formula is C12H11Cl2N2O6P. The highest BCUT2D eigenvalue weighted by Crippen LogP contribution is 2.59. The van der Waals surface area contributed by atoms with Crippen LogP contribution >= 0.6 is 31.0 Å². The molecule has 1 aromatic carbocycles. The summed E-state index contributed by atoms with van der Waals surface area (Å²) in [5.74, 6) is -0.667. The maximum absolute atomic E-state index is 12.3. The van der Waals surface area contributed by atoms with Gasteiger partial charge in [0.1, 0.15) is 5.41 Å². The van der Waals surface area contributed by atoms with E-state index in [0.717, 1.165) is 0 Å². The van der Waals surface area contributed by atoms with E-state index in [0.29, 0.717) is 0 Å². The fourth-order valence-corrected chi connectivity index (χ4v) is 3.82. The molecule has 0 radical (unpaired) electrons. The number of hydrogen-bond acceptors (Lipinski definition) is 6. The number of imide groups is 1. The Morgan fingerprint density at radius 3 is 2.35 bits per heavy atom. The van der Waals surface area contributed by atoms with E-state index in [1.807, 2.05) is 0 Å². The monoisotopic (exact) mass is 380 g/mol. The fourth-order valence-electron chi connectivity index (χ4n) is 2.03. The molecule has 23 heavy (non-hydrogen) atoms. The predicted octanol–water partition coefficient (Wildman–Crippen LogP) is 2.81. The van der Waals surface area contributed by atoms with Gasteiger partial charge in [-0.15, -0.1) is 0 Å². The third-order valence-electron chi connectivity index (χ3n) is 3.41. The highest BCUT2D eigenvalue weighted by atomic mass is 35.5. The van der Waals surface area contributed by atoms with Crippen LogP contribution in [-0.2, 0) is 22.9 Å². The Hall–Kier alpha value is -1.15. The Morgan fingerprint density at radius 2 is 1.74 bits per heavy atom. The van der Waals surface area contributed by atoms with Gasteiger partial charge in [-0.05, 0) is 12.1 Å². The van der Waals surface area contributed by atoms with E-state index in [9.17, 15) is 14.2 Å². The van der Waals surface area contributed by atoms with Crippen LogP contribution in [0.1, 0.15) is 0 Å². The third-order valence-corrected chi connectivity index (χ3v) is 5.56. The largest absolute Gasteiger partial charge is 0.474 e. The molecule has 0 spiro atoms. The summed E-state index contributed by atoms with van der Waals surface area (Å²) in [7, 11) is -3.52. The molecule has 3 heterocycles. The summed E-state index contributed by atoms with van der Waals surface area (Å²) >= 11 is 11.8. The van der Waals surface area contributed by atoms with Crippen molar-refractivity contribution in [2.45, 2.75) is 0 Å². The molecule has 3 saturated heterocycles. The Bertz CT molecular complexity index is 696. The number of halogens is 2. The van der Waals surface area contributed by atoms with Crippen LogP contribution in [0.4, 0.5) is 10.5 Å². The van der Waals surface area contributed by atoms with Crippen molar-refractivity contribution in [2.24, 2.45) is 5.41 Å². The van der Waals surface area contributed by atoms with Crippen molar-refractivity contribution in [2.75, 3.05) is 25.1 Å². The first-order valence-electron chi connectivity index (χ1n) is 6.44. The first-order valence-corrected chi connectivity index (χ1v) is 8.65. The number of carbonyl (C=O) groups is 2. The Kier molecular flexibility index (Phi) is 4.39. The topological polar surface area (TPSA) is 103 Å². The molecule has 4 rings (SSSR count). The summed E-state index contributed by atoms with van der Waals surface area (Å²) in [5.41, 5.74) is -0.968. The molecule has 0 unspecified atom stereocenters. The van der Waals surface area contributed by atoms with Gasteiger partial charge >= 0.3 is 13.9 Å². The van der Waals surface area contributed by atoms with E-state index in [1.54, 1.807) is 12.1 Å². The number of carbonyl (C=O) groups excluding carboxylic acids is 2. The van der Waals surface area contributed by atoms with Gasteiger partial charge in [-0.1, -0.05) is 29.3 Å². The standard InChI is InChI=1S/C12H11Cl2N2O6P/c13-7-2-1-3-8(9(7)14)15-11(18)16-10(17)12-4-20-23(19,21-5-12)22-6-12/h1-3H,4-6H2,(H2,15,16,17,18). The minimum atomic E-state index is -3.52. The maximum Gasteiger partial charge on any atom is 0.474 e. The van der Waals surface area contributed by atoms with E-state index < -0.39 is 25.2 Å². The summed E-state index contributed by atoms with van der Waals surface area (Å²) in [6, 6.07) is 3.89. The minimum Gasteiger partial charge on any atom is -0.306 e. The van der Waals surface area contributed by atoms with Gasteiger partial charge in [0.2, 0.25) is 5.91 Å². The van der Waals surface area contributed by atoms with Crippen molar-refractivity contribution in [3.63, 3.8) is 0 Å². The number of hydrogen-bond donors (Lipinski definition) is 2. The van der Waals surface area contributed by atoms with Gasteiger partial charge in [0.25, 0.3) is 0 Å². The zero-order valence-corrected chi connectivity index (χ0v) is 13.9. The lowest BCUT2D eigenvalue weighted by Crippen LogP contribution is -2.56. The van der Waals surface area contributed by atoms with Gasteiger partial charge in [-0.25, -0.2) is 9.36 Å². The van der Waals surface area contributed by atoms with Crippen molar-refractivity contribution < 1.29 is 27.7 Å². The zero-order chi connectivity index (χ0) is 16.7. The highest BCUT2D eigenvalue weighted by Gasteiger charge is 2.55. The third kappa shape index (κ3) is 3.24. The van der Waals surface area contributed by atoms with Gasteiger partial charge in [0.15, 0.2) is 0 Å². The molecule has 3 aliphatic heterocycles. The van der Waals surface area contributed by atoms with Gasteiger partial charge in [-0.2, -0.15) is 0 Å². The highest BCUT2D eigenvalue weighted by molar-refractivity contribution is 7.48. The molecule has 11 heteroatoms. The molecule has 0 aromatic heterocycles. The maximum atomic E-state index is 12.3. The number of phosphoric acid groups is 1. The van der Waals surface area contributed by atoms with E-state index >= 15 is 0 Å². The molecule has 3 fully saturated rings. The molecule has 0 atom stereocenters. The molecular weight excluding hydrogens is 370 g/mol. The molecule has 1 aromatic rings. The van der Waals surface area contributed by atoms with Crippen LogP contribution in [0.25, 0.3) is 0 Å². The summed E-state index contributed by atoms with van der Waals surface area (Å²) in [6.07, 6.45) is 0. The van der Waals surface area contributed by atoms with Crippen LogP contribution in [-0.4, -0.2) is 31.8 Å². The second-order valence-electron chi connectivity index (χ2n) is 5.06. The normalized spacial score (nSPS) is 29.1. The van der Waals surface area contributed by atoms with Gasteiger partial charge in [0.05, 0.1) is 35.6 Å². The lowest BCUT2D eigenvalue weighted by Gasteiger charge is -2.42. The summed E-state index contributed by atoms with van der Waals surface area (Å²) < 4.78 is 26.3. The average Bonchev–Trinajstić information content (AvgIpc) is 2.53. The van der Waals surface area contributed by atoms with Crippen LogP contribution in [0.5, 0.6) is 0 Å². The molecule has 8 nitrogen and oxygen atoms in total. The van der Waals surface area contributed by atoms with Crippen LogP contribution in [0.15, 0.2) is 18.2 Å². The number of phosphoric ester groups is 1. The Balaban J connectivity index is 1.65. The second kappa shape index (κ2) is 6.05. The van der Waals surface area contributed by atoms with E-state index in [4.69, 9.17) is 36.8 Å². The molecule has 124 valence electrons. The molecule has 0 aliphatic carbocycles. The number of fused-ring (bicyclic) bond motifs is 3. The van der Waals surface area contributed by atoms with Gasteiger partial charge < -0.3 is 5.32 Å². The summed E-state index contributed by atoms with van der Waals surface area (Å²) in [6.45, 7) is -0.454. The molecule has 0 saturated carbocycles. The quantitative estimate of drug-likeness (QED) is 0.764. The number of urea groups is 1. The molecule has 2 N–H and O–H groups in total. The van der Waals surface area contributed by atoms with Crippen LogP contribution in [0.3, 0.4) is 0 Å². The van der Waals surface area contributed by atoms with E-state index in [2.05, 4.69) is 10.6 Å². The molecule has 3 amide bonds. The number of amides is 3. The van der Waals surface area contributed by atoms with Crippen LogP contribution in [0, 0.1) is 5.41 Å². The summed E-state index contributed by atoms with van der Waals surface area (Å²) in [5, 5.41) is 4.99. The molecule has 3 aliphatic rings. The Labute approximate surface area is 141 Å². The van der Waals surface area contributed by atoms with E-state index in [1.165, 1.54) is 6.07 Å². The number of rotatable bonds is 2. The Morgan fingerprint density at radius 1 is 1.13 bits per heavy atom. The van der Waals surface area contributed by atoms with Crippen molar-refractivity contribution in [3.8, 4) is 0 Å². The van der Waals surface area contributed by atoms with Crippen molar-refractivity contribution >= 4 is 48.7 Å². The minimum absolute atomic E-state index is 0.151. The average molecular weight is 381 g/mol. The van der Waals surface area contributed by atoms with Crippen LogP contribution < -0.4 is 10.6 Å². The van der Waals surface area contributed by atoms with E-state index in [-0.39, 0.29) is 35.6 Å². The fraction of sp³-hybridized carbons (Fsp3) is 0.333. The van der Waals surface area contributed by atoms with Crippen molar-refractivity contribution in [3.05, 3.63) is 28.2 Å². The van der Waals surface area contributed by atoms with Crippen molar-refractivity contribution in [1.82, 2.24) is 5.32 Å². The van der Waals surface area contributed by atoms with Gasteiger partial charge in [-0.3, -0.25) is 23.7 Å². The first-order chi connectivity index (χ1) is 10.8. The second-order valence-corrected chi connectivity index (χ2v) is 7.51. The summed E-state index contributed by atoms with van der Waals surface area (Å²) in [4.78, 5) is 24.2. The predicted molar refractivity (Wildman–Crippen MR) is 81.5 cm³/mol. The zero-order valence-electron chi connectivity index (χ0n) is 11.5. The van der Waals surface area contributed by atoms with Crippen LogP contribution in [0.2, 0.25) is 10.0 Å². The number of anilines is 1. The van der Waals surface area contributed by atoms with Gasteiger partial charge in [0, 0.05) is 0 Å². The lowest BCUT2D eigenvalue weighted by molar-refractivity contribution is -0.151. The number of nitrogens with one attached hydrogen (secondary N) is 2. The molecule has 2 bridgehead atoms.